The molecule has 43 heavy (non-hydrogen) atoms. The molecule has 10 heteroatoms. The molecule has 4 aromatic carbocycles. The zero-order chi connectivity index (χ0) is 30.5. The largest absolute Gasteiger partial charge is 0.493 e. The standard InChI is InChI=1S/C33H26Cl2N2O6/c1-20-3-5-21(6-4-20)18-42-25-11-9-24(10-12-25)37-32(39)26(31(38)36-33(37)40)15-22-8-14-29(30(17-22)41-2)43-19-23-7-13-27(34)28(35)16-23/h3-17H,18-19H2,1-2H3,(H,36,38,40)/b26-15+. The van der Waals surface area contributed by atoms with Crippen molar-refractivity contribution in [3.8, 4) is 17.2 Å². The van der Waals surface area contributed by atoms with Crippen molar-refractivity contribution in [2.75, 3.05) is 12.0 Å². The second-order valence-electron chi connectivity index (χ2n) is 9.67. The smallest absolute Gasteiger partial charge is 0.335 e. The quantitative estimate of drug-likeness (QED) is 0.159. The SMILES string of the molecule is COc1cc(/C=C2\C(=O)NC(=O)N(c3ccc(OCc4ccc(C)cc4)cc3)C2=O)ccc1OCc1ccc(Cl)c(Cl)c1. The van der Waals surface area contributed by atoms with Crippen molar-refractivity contribution in [3.05, 3.63) is 123 Å². The van der Waals surface area contributed by atoms with Crippen molar-refractivity contribution >= 4 is 52.8 Å². The second kappa shape index (κ2) is 13.0. The number of hydrogen-bond acceptors (Lipinski definition) is 6. The molecule has 0 atom stereocenters. The number of ether oxygens (including phenoxy) is 3. The molecule has 5 rings (SSSR count). The maximum atomic E-state index is 13.4. The molecule has 0 bridgehead atoms. The summed E-state index contributed by atoms with van der Waals surface area (Å²) in [5, 5.41) is 3.10. The van der Waals surface area contributed by atoms with Gasteiger partial charge in [-0.2, -0.15) is 0 Å². The highest BCUT2D eigenvalue weighted by Crippen LogP contribution is 2.31. The van der Waals surface area contributed by atoms with Gasteiger partial charge in [0.25, 0.3) is 11.8 Å². The Labute approximate surface area is 258 Å². The number of urea groups is 1. The van der Waals surface area contributed by atoms with E-state index in [1.54, 1.807) is 60.7 Å². The number of rotatable bonds is 9. The van der Waals surface area contributed by atoms with Gasteiger partial charge in [0.15, 0.2) is 11.5 Å². The first-order valence-corrected chi connectivity index (χ1v) is 13.9. The molecule has 218 valence electrons. The zero-order valence-corrected chi connectivity index (χ0v) is 24.7. The predicted octanol–water partition coefficient (Wildman–Crippen LogP) is 7.13. The minimum Gasteiger partial charge on any atom is -0.493 e. The highest BCUT2D eigenvalue weighted by atomic mass is 35.5. The minimum atomic E-state index is -0.843. The Balaban J connectivity index is 1.30. The third kappa shape index (κ3) is 6.99. The minimum absolute atomic E-state index is 0.210. The maximum Gasteiger partial charge on any atom is 0.335 e. The number of hydrogen-bond donors (Lipinski definition) is 1. The van der Waals surface area contributed by atoms with Gasteiger partial charge in [-0.3, -0.25) is 14.9 Å². The average Bonchev–Trinajstić information content (AvgIpc) is 3.00. The Bertz CT molecular complexity index is 1720. The van der Waals surface area contributed by atoms with Gasteiger partial charge in [-0.1, -0.05) is 65.2 Å². The fourth-order valence-electron chi connectivity index (χ4n) is 4.28. The van der Waals surface area contributed by atoms with Crippen LogP contribution in [0.5, 0.6) is 17.2 Å². The van der Waals surface area contributed by atoms with Crippen LogP contribution in [0.2, 0.25) is 10.0 Å². The average molecular weight is 617 g/mol. The lowest BCUT2D eigenvalue weighted by molar-refractivity contribution is -0.122. The monoisotopic (exact) mass is 616 g/mol. The number of aryl methyl sites for hydroxylation is 1. The Hall–Kier alpha value is -4.79. The van der Waals surface area contributed by atoms with E-state index in [4.69, 9.17) is 37.4 Å². The van der Waals surface area contributed by atoms with Crippen LogP contribution in [0, 0.1) is 6.92 Å². The molecule has 0 spiro atoms. The Morgan fingerprint density at radius 1 is 0.767 bits per heavy atom. The summed E-state index contributed by atoms with van der Waals surface area (Å²) in [4.78, 5) is 39.6. The number of imide groups is 2. The molecule has 4 amide bonds. The third-order valence-electron chi connectivity index (χ3n) is 6.60. The van der Waals surface area contributed by atoms with Crippen molar-refractivity contribution in [1.29, 1.82) is 0 Å². The highest BCUT2D eigenvalue weighted by Gasteiger charge is 2.36. The first-order chi connectivity index (χ1) is 20.7. The lowest BCUT2D eigenvalue weighted by Gasteiger charge is -2.26. The molecular weight excluding hydrogens is 591 g/mol. The highest BCUT2D eigenvalue weighted by molar-refractivity contribution is 6.42. The van der Waals surface area contributed by atoms with E-state index in [-0.39, 0.29) is 17.9 Å². The van der Waals surface area contributed by atoms with Crippen molar-refractivity contribution in [3.63, 3.8) is 0 Å². The van der Waals surface area contributed by atoms with Gasteiger partial charge >= 0.3 is 6.03 Å². The number of carbonyl (C=O) groups excluding carboxylic acids is 3. The molecule has 1 N–H and O–H groups in total. The number of carbonyl (C=O) groups is 3. The normalized spacial score (nSPS) is 14.1. The van der Waals surface area contributed by atoms with Gasteiger partial charge in [0.05, 0.1) is 22.8 Å². The van der Waals surface area contributed by atoms with E-state index in [1.807, 2.05) is 31.2 Å². The Morgan fingerprint density at radius 2 is 1.47 bits per heavy atom. The van der Waals surface area contributed by atoms with Gasteiger partial charge in [0, 0.05) is 0 Å². The molecule has 1 fully saturated rings. The van der Waals surface area contributed by atoms with Crippen LogP contribution in [0.15, 0.2) is 90.5 Å². The van der Waals surface area contributed by atoms with E-state index >= 15 is 0 Å². The first-order valence-electron chi connectivity index (χ1n) is 13.2. The summed E-state index contributed by atoms with van der Waals surface area (Å²) < 4.78 is 17.2. The number of barbiturate groups is 1. The van der Waals surface area contributed by atoms with Gasteiger partial charge in [-0.25, -0.2) is 9.69 Å². The number of anilines is 1. The maximum absolute atomic E-state index is 13.4. The van der Waals surface area contributed by atoms with Gasteiger partial charge in [0.1, 0.15) is 24.5 Å². The van der Waals surface area contributed by atoms with Gasteiger partial charge in [-0.15, -0.1) is 0 Å². The Morgan fingerprint density at radius 3 is 2.16 bits per heavy atom. The third-order valence-corrected chi connectivity index (χ3v) is 7.34. The summed E-state index contributed by atoms with van der Waals surface area (Å²) >= 11 is 12.1. The number of methoxy groups -OCH3 is 1. The number of nitrogens with zero attached hydrogens (tertiary/aromatic N) is 1. The van der Waals surface area contributed by atoms with E-state index in [9.17, 15) is 14.4 Å². The second-order valence-corrected chi connectivity index (χ2v) is 10.5. The van der Waals surface area contributed by atoms with Crippen LogP contribution in [-0.4, -0.2) is 25.0 Å². The zero-order valence-electron chi connectivity index (χ0n) is 23.2. The van der Waals surface area contributed by atoms with E-state index < -0.39 is 17.8 Å². The lowest BCUT2D eigenvalue weighted by atomic mass is 10.1. The molecular formula is C33H26Cl2N2O6. The Kier molecular flexibility index (Phi) is 8.99. The van der Waals surface area contributed by atoms with Crippen LogP contribution in [-0.2, 0) is 22.8 Å². The van der Waals surface area contributed by atoms with E-state index in [2.05, 4.69) is 5.32 Å². The first kappa shape index (κ1) is 29.7. The molecule has 0 aromatic heterocycles. The molecule has 1 heterocycles. The van der Waals surface area contributed by atoms with Crippen molar-refractivity contribution in [2.24, 2.45) is 0 Å². The summed E-state index contributed by atoms with van der Waals surface area (Å²) in [5.74, 6) is -0.178. The molecule has 1 aliphatic heterocycles. The van der Waals surface area contributed by atoms with Crippen LogP contribution >= 0.6 is 23.2 Å². The number of amides is 4. The van der Waals surface area contributed by atoms with Crippen LogP contribution in [0.1, 0.15) is 22.3 Å². The van der Waals surface area contributed by atoms with E-state index in [1.165, 1.54) is 13.2 Å². The summed E-state index contributed by atoms with van der Waals surface area (Å²) in [5.41, 5.74) is 3.54. The van der Waals surface area contributed by atoms with E-state index in [0.717, 1.165) is 21.6 Å². The van der Waals surface area contributed by atoms with Crippen molar-refractivity contribution in [2.45, 2.75) is 20.1 Å². The van der Waals surface area contributed by atoms with Crippen LogP contribution in [0.3, 0.4) is 0 Å². The lowest BCUT2D eigenvalue weighted by Crippen LogP contribution is -2.54. The van der Waals surface area contributed by atoms with Gasteiger partial charge in [-0.05, 0) is 78.2 Å². The number of halogens is 2. The molecule has 0 unspecified atom stereocenters. The number of benzene rings is 4. The van der Waals surface area contributed by atoms with E-state index in [0.29, 0.717) is 39.5 Å². The molecule has 0 radical (unpaired) electrons. The topological polar surface area (TPSA) is 94.2 Å². The fraction of sp³-hybridized carbons (Fsp3) is 0.121. The number of nitrogens with one attached hydrogen (secondary N) is 1. The fourth-order valence-corrected chi connectivity index (χ4v) is 4.61. The molecule has 4 aromatic rings. The molecule has 1 saturated heterocycles. The van der Waals surface area contributed by atoms with Gasteiger partial charge < -0.3 is 14.2 Å². The predicted molar refractivity (Wildman–Crippen MR) is 165 cm³/mol. The van der Waals surface area contributed by atoms with Crippen LogP contribution in [0.25, 0.3) is 6.08 Å². The van der Waals surface area contributed by atoms with Gasteiger partial charge in [0.2, 0.25) is 0 Å². The van der Waals surface area contributed by atoms with Crippen LogP contribution in [0.4, 0.5) is 10.5 Å². The summed E-state index contributed by atoms with van der Waals surface area (Å²) in [6.07, 6.45) is 1.39. The van der Waals surface area contributed by atoms with Crippen LogP contribution < -0.4 is 24.4 Å². The molecule has 8 nitrogen and oxygen atoms in total. The molecule has 0 aliphatic carbocycles. The molecule has 0 saturated carbocycles. The summed E-state index contributed by atoms with van der Waals surface area (Å²) in [6.45, 7) is 2.59. The van der Waals surface area contributed by atoms with Crippen molar-refractivity contribution in [1.82, 2.24) is 5.32 Å². The summed E-state index contributed by atoms with van der Waals surface area (Å²) in [6, 6.07) is 23.8. The summed E-state index contributed by atoms with van der Waals surface area (Å²) in [7, 11) is 1.48. The van der Waals surface area contributed by atoms with Crippen molar-refractivity contribution < 1.29 is 28.6 Å². The molecule has 1 aliphatic rings.